The molecule has 0 aliphatic carbocycles. The quantitative estimate of drug-likeness (QED) is 0.275. The first kappa shape index (κ1) is 33.1. The summed E-state index contributed by atoms with van der Waals surface area (Å²) >= 11 is 1.63. The largest absolute Gasteiger partial charge is 0.494 e. The van der Waals surface area contributed by atoms with E-state index in [4.69, 9.17) is 4.74 Å². The molecule has 3 saturated heterocycles. The topological polar surface area (TPSA) is 111 Å². The monoisotopic (exact) mass is 636 g/mol. The zero-order chi connectivity index (χ0) is 32.5. The number of anilines is 3. The van der Waals surface area contributed by atoms with Crippen molar-refractivity contribution in [1.82, 2.24) is 4.90 Å². The number of hydrogen-bond donors (Lipinski definition) is 3. The van der Waals surface area contributed by atoms with E-state index in [0.717, 1.165) is 30.9 Å². The summed E-state index contributed by atoms with van der Waals surface area (Å²) in [4.78, 5) is 46.8. The molecule has 2 bridgehead atoms. The number of nitrogens with one attached hydrogen (secondary N) is 2. The zero-order valence-corrected chi connectivity index (χ0v) is 28.1. The van der Waals surface area contributed by atoms with Crippen molar-refractivity contribution in [3.05, 3.63) is 48.5 Å². The van der Waals surface area contributed by atoms with Crippen LogP contribution in [0.25, 0.3) is 0 Å². The van der Waals surface area contributed by atoms with Crippen molar-refractivity contribution in [3.63, 3.8) is 0 Å². The summed E-state index contributed by atoms with van der Waals surface area (Å²) in [6.45, 7) is 14.4. The number of nitrogens with zero attached hydrogens (tertiary/aromatic N) is 2. The third kappa shape index (κ3) is 6.03. The highest BCUT2D eigenvalue weighted by atomic mass is 32.2. The molecule has 3 aliphatic rings. The van der Waals surface area contributed by atoms with Gasteiger partial charge in [-0.1, -0.05) is 20.8 Å². The average molecular weight is 637 g/mol. The van der Waals surface area contributed by atoms with E-state index in [1.54, 1.807) is 28.8 Å². The number of fused-ring (bicyclic) bond motifs is 1. The van der Waals surface area contributed by atoms with Gasteiger partial charge < -0.3 is 30.3 Å². The molecule has 2 aromatic rings. The Labute approximate surface area is 271 Å². The minimum absolute atomic E-state index is 0.0279. The molecule has 0 aromatic heterocycles. The lowest BCUT2D eigenvalue weighted by molar-refractivity contribution is -0.141. The Balaban J connectivity index is 1.47. The molecule has 5 rings (SSSR count). The van der Waals surface area contributed by atoms with Crippen LogP contribution in [0.1, 0.15) is 54.4 Å². The summed E-state index contributed by atoms with van der Waals surface area (Å²) < 4.78 is 4.76. The second kappa shape index (κ2) is 13.6. The van der Waals surface area contributed by atoms with E-state index in [0.29, 0.717) is 24.4 Å². The Hall–Kier alpha value is -3.24. The van der Waals surface area contributed by atoms with Crippen LogP contribution in [0.3, 0.4) is 0 Å². The van der Waals surface area contributed by atoms with Crippen LogP contribution >= 0.6 is 11.8 Å². The Morgan fingerprint density at radius 3 is 2.18 bits per heavy atom. The molecular formula is C35H48N4O5S. The van der Waals surface area contributed by atoms with Gasteiger partial charge in [0.2, 0.25) is 17.7 Å². The maximum atomic E-state index is 14.6. The number of likely N-dealkylation sites (tertiary alicyclic amines) is 1. The molecule has 1 spiro atoms. The van der Waals surface area contributed by atoms with Crippen LogP contribution in [0.5, 0.6) is 5.75 Å². The maximum absolute atomic E-state index is 14.6. The van der Waals surface area contributed by atoms with Crippen LogP contribution in [-0.2, 0) is 14.4 Å². The second-order valence-corrected chi connectivity index (χ2v) is 14.5. The van der Waals surface area contributed by atoms with Gasteiger partial charge in [0.15, 0.2) is 0 Å². The predicted molar refractivity (Wildman–Crippen MR) is 181 cm³/mol. The van der Waals surface area contributed by atoms with E-state index in [1.807, 2.05) is 57.2 Å². The molecule has 0 radical (unpaired) electrons. The highest BCUT2D eigenvalue weighted by molar-refractivity contribution is 8.02. The molecule has 0 saturated carbocycles. The summed E-state index contributed by atoms with van der Waals surface area (Å²) in [5.41, 5.74) is 2.37. The zero-order valence-electron chi connectivity index (χ0n) is 27.3. The fourth-order valence-corrected chi connectivity index (χ4v) is 10.3. The number of ether oxygens (including phenoxy) is 1. The molecule has 244 valence electrons. The molecule has 3 heterocycles. The first-order chi connectivity index (χ1) is 21.6. The standard InChI is InChI=1S/C35H48N4O5S/c1-7-38(8-2)25-14-10-23(11-15-25)37-33(42)31-35-22(6)19-28(45-35)29(30(35)34(43)39(31)26(20-40)18-21(4)5)32(41)36-24-12-16-27(17-13-24)44-9-3/h10-17,21-22,26,28-31,40H,7-9,18-20H2,1-6H3,(H,36,41)(H,37,42)/t22?,26-,28+,29-,30+,31?,35?/m1/s1. The number of rotatable bonds is 13. The summed E-state index contributed by atoms with van der Waals surface area (Å²) in [7, 11) is 0. The molecule has 3 aliphatic heterocycles. The Morgan fingerprint density at radius 1 is 1.02 bits per heavy atom. The smallest absolute Gasteiger partial charge is 0.248 e. The van der Waals surface area contributed by atoms with Crippen LogP contribution in [0.4, 0.5) is 17.1 Å². The number of carbonyl (C=O) groups excluding carboxylic acids is 3. The lowest BCUT2D eigenvalue weighted by Gasteiger charge is -2.40. The van der Waals surface area contributed by atoms with Crippen molar-refractivity contribution in [2.24, 2.45) is 23.7 Å². The lowest BCUT2D eigenvalue weighted by Crippen LogP contribution is -2.57. The first-order valence-electron chi connectivity index (χ1n) is 16.4. The molecular weight excluding hydrogens is 588 g/mol. The number of aliphatic hydroxyl groups is 1. The number of aliphatic hydroxyl groups excluding tert-OH is 1. The van der Waals surface area contributed by atoms with Crippen LogP contribution in [0.2, 0.25) is 0 Å². The SMILES string of the molecule is CCOc1ccc(NC(=O)[C@@H]2[C@@H]3CC(C)C4(S3)C(C(=O)Nc3ccc(N(CC)CC)cc3)N([C@@H](CO)CC(C)C)C(=O)[C@H]24)cc1. The van der Waals surface area contributed by atoms with Crippen LogP contribution in [-0.4, -0.2) is 76.1 Å². The molecule has 45 heavy (non-hydrogen) atoms. The normalized spacial score (nSPS) is 27.4. The summed E-state index contributed by atoms with van der Waals surface area (Å²) in [6.07, 6.45) is 1.29. The van der Waals surface area contributed by atoms with Gasteiger partial charge in [0.1, 0.15) is 11.8 Å². The van der Waals surface area contributed by atoms with Crippen molar-refractivity contribution in [2.45, 2.75) is 76.5 Å². The van der Waals surface area contributed by atoms with Crippen LogP contribution in [0.15, 0.2) is 48.5 Å². The molecule has 9 nitrogen and oxygen atoms in total. The van der Waals surface area contributed by atoms with Gasteiger partial charge in [-0.15, -0.1) is 11.8 Å². The van der Waals surface area contributed by atoms with Crippen molar-refractivity contribution >= 4 is 46.5 Å². The van der Waals surface area contributed by atoms with E-state index in [-0.39, 0.29) is 41.4 Å². The number of hydrogen-bond acceptors (Lipinski definition) is 7. The number of thioether (sulfide) groups is 1. The van der Waals surface area contributed by atoms with Crippen LogP contribution in [0, 0.1) is 23.7 Å². The Bertz CT molecular complexity index is 1370. The van der Waals surface area contributed by atoms with Crippen molar-refractivity contribution in [1.29, 1.82) is 0 Å². The highest BCUT2D eigenvalue weighted by Gasteiger charge is 2.76. The van der Waals surface area contributed by atoms with Crippen LogP contribution < -0.4 is 20.3 Å². The highest BCUT2D eigenvalue weighted by Crippen LogP contribution is 2.69. The number of amides is 3. The molecule has 10 heteroatoms. The van der Waals surface area contributed by atoms with Gasteiger partial charge in [0, 0.05) is 35.4 Å². The third-order valence-corrected chi connectivity index (χ3v) is 11.9. The van der Waals surface area contributed by atoms with E-state index >= 15 is 0 Å². The van der Waals surface area contributed by atoms with Gasteiger partial charge in [-0.3, -0.25) is 14.4 Å². The van der Waals surface area contributed by atoms with Crippen molar-refractivity contribution < 1.29 is 24.2 Å². The Kier molecular flexibility index (Phi) is 10.0. The lowest BCUT2D eigenvalue weighted by atomic mass is 9.66. The minimum Gasteiger partial charge on any atom is -0.494 e. The molecule has 3 fully saturated rings. The molecule has 2 aromatic carbocycles. The minimum atomic E-state index is -0.818. The first-order valence-corrected chi connectivity index (χ1v) is 17.3. The van der Waals surface area contributed by atoms with Gasteiger partial charge in [0.05, 0.1) is 35.8 Å². The fourth-order valence-electron chi connectivity index (χ4n) is 7.85. The van der Waals surface area contributed by atoms with Gasteiger partial charge >= 0.3 is 0 Å². The molecule has 3 N–H and O–H groups in total. The van der Waals surface area contributed by atoms with Gasteiger partial charge in [-0.05, 0) is 94.0 Å². The van der Waals surface area contributed by atoms with Gasteiger partial charge in [-0.2, -0.15) is 0 Å². The average Bonchev–Trinajstić information content (AvgIpc) is 3.62. The van der Waals surface area contributed by atoms with Crippen molar-refractivity contribution in [3.8, 4) is 5.75 Å². The van der Waals surface area contributed by atoms with E-state index in [2.05, 4.69) is 36.3 Å². The molecule has 7 atom stereocenters. The second-order valence-electron chi connectivity index (χ2n) is 12.9. The predicted octanol–water partition coefficient (Wildman–Crippen LogP) is 5.25. The molecule has 3 unspecified atom stereocenters. The maximum Gasteiger partial charge on any atom is 0.248 e. The van der Waals surface area contributed by atoms with Crippen molar-refractivity contribution in [2.75, 3.05) is 41.8 Å². The summed E-state index contributed by atoms with van der Waals surface area (Å²) in [6, 6.07) is 13.7. The Morgan fingerprint density at radius 2 is 1.62 bits per heavy atom. The third-order valence-electron chi connectivity index (χ3n) is 9.78. The van der Waals surface area contributed by atoms with E-state index < -0.39 is 28.7 Å². The fraction of sp³-hybridized carbons (Fsp3) is 0.571. The summed E-state index contributed by atoms with van der Waals surface area (Å²) in [5.74, 6) is -0.988. The van der Waals surface area contributed by atoms with Gasteiger partial charge in [-0.25, -0.2) is 0 Å². The van der Waals surface area contributed by atoms with Gasteiger partial charge in [0.25, 0.3) is 0 Å². The van der Waals surface area contributed by atoms with E-state index in [9.17, 15) is 19.5 Å². The molecule has 3 amide bonds. The van der Waals surface area contributed by atoms with E-state index in [1.165, 1.54) is 0 Å². The summed E-state index contributed by atoms with van der Waals surface area (Å²) in [5, 5.41) is 16.7. The number of carbonyl (C=O) groups is 3. The number of benzene rings is 2.